The first kappa shape index (κ1) is 24.2. The van der Waals surface area contributed by atoms with Gasteiger partial charge in [-0.25, -0.2) is 0 Å². The van der Waals surface area contributed by atoms with Crippen LogP contribution in [-0.2, 0) is 0 Å². The Morgan fingerprint density at radius 1 is 0.405 bits per heavy atom. The van der Waals surface area contributed by atoms with Crippen molar-refractivity contribution in [2.45, 2.75) is 0 Å². The van der Waals surface area contributed by atoms with Crippen molar-refractivity contribution in [3.05, 3.63) is 164 Å². The summed E-state index contributed by atoms with van der Waals surface area (Å²) in [6, 6.07) is 57.8. The first-order chi connectivity index (χ1) is 20.8. The summed E-state index contributed by atoms with van der Waals surface area (Å²) in [6.45, 7) is 0. The number of fused-ring (bicyclic) bond motifs is 5. The summed E-state index contributed by atoms with van der Waals surface area (Å²) in [7, 11) is 0. The molecule has 0 spiro atoms. The highest BCUT2D eigenvalue weighted by molar-refractivity contribution is 6.22. The van der Waals surface area contributed by atoms with Gasteiger partial charge >= 0.3 is 0 Å². The molecule has 0 saturated carbocycles. The Labute approximate surface area is 244 Å². The second-order valence-electron chi connectivity index (χ2n) is 10.6. The van der Waals surface area contributed by atoms with E-state index in [0.717, 1.165) is 44.4 Å². The summed E-state index contributed by atoms with van der Waals surface area (Å²) in [6.07, 6.45) is 0. The molecule has 198 valence electrons. The Hall–Kier alpha value is -5.60. The van der Waals surface area contributed by atoms with E-state index in [0.29, 0.717) is 0 Å². The van der Waals surface area contributed by atoms with Crippen LogP contribution in [0.15, 0.2) is 168 Å². The molecule has 0 aliphatic rings. The lowest BCUT2D eigenvalue weighted by molar-refractivity contribution is 0.672. The Kier molecular flexibility index (Phi) is 5.82. The van der Waals surface area contributed by atoms with Crippen LogP contribution < -0.4 is 4.90 Å². The predicted octanol–water partition coefficient (Wildman–Crippen LogP) is 11.5. The minimum Gasteiger partial charge on any atom is -0.455 e. The fourth-order valence-corrected chi connectivity index (χ4v) is 6.13. The van der Waals surface area contributed by atoms with E-state index in [1.54, 1.807) is 0 Å². The lowest BCUT2D eigenvalue weighted by Crippen LogP contribution is -2.10. The number of nitrogens with zero attached hydrogens (tertiary/aromatic N) is 1. The number of furan rings is 1. The van der Waals surface area contributed by atoms with Gasteiger partial charge in [0.1, 0.15) is 11.2 Å². The molecule has 0 saturated heterocycles. The highest BCUT2D eigenvalue weighted by atomic mass is 16.3. The molecule has 0 amide bonds. The zero-order chi connectivity index (χ0) is 27.9. The molecule has 2 heteroatoms. The van der Waals surface area contributed by atoms with Gasteiger partial charge in [-0.15, -0.1) is 0 Å². The van der Waals surface area contributed by atoms with Crippen molar-refractivity contribution in [3.63, 3.8) is 0 Å². The number of rotatable bonds is 5. The minimum atomic E-state index is 0.873. The van der Waals surface area contributed by atoms with E-state index in [9.17, 15) is 0 Å². The monoisotopic (exact) mass is 537 g/mol. The first-order valence-electron chi connectivity index (χ1n) is 14.3. The van der Waals surface area contributed by atoms with Gasteiger partial charge in [0.05, 0.1) is 11.1 Å². The lowest BCUT2D eigenvalue weighted by Gasteiger charge is -2.26. The van der Waals surface area contributed by atoms with Crippen molar-refractivity contribution < 1.29 is 4.42 Å². The predicted molar refractivity (Wildman–Crippen MR) is 177 cm³/mol. The van der Waals surface area contributed by atoms with Gasteiger partial charge in [-0.3, -0.25) is 0 Å². The Morgan fingerprint density at radius 3 is 1.76 bits per heavy atom. The summed E-state index contributed by atoms with van der Waals surface area (Å²) < 4.78 is 6.69. The van der Waals surface area contributed by atoms with Crippen LogP contribution in [0.4, 0.5) is 17.1 Å². The van der Waals surface area contributed by atoms with Gasteiger partial charge in [0.25, 0.3) is 0 Å². The Balaban J connectivity index is 1.43. The highest BCUT2D eigenvalue weighted by Gasteiger charge is 2.21. The van der Waals surface area contributed by atoms with Gasteiger partial charge in [-0.1, -0.05) is 121 Å². The third-order valence-electron chi connectivity index (χ3n) is 8.03. The van der Waals surface area contributed by atoms with Crippen molar-refractivity contribution >= 4 is 49.8 Å². The summed E-state index contributed by atoms with van der Waals surface area (Å²) in [5.74, 6) is 0. The molecule has 1 heterocycles. The highest BCUT2D eigenvalue weighted by Crippen LogP contribution is 2.46. The fraction of sp³-hybridized carbons (Fsp3) is 0. The standard InChI is InChI=1S/C40H27NO/c1-4-14-28(15-5-1)30-18-12-21-32(26-30)41(31-19-8-3-9-20-31)37-24-13-25-38-39(37)36-27-35(29-16-6-2-7-17-29)33-22-10-11-23-34(33)40(36)42-38/h1-27H. The Morgan fingerprint density at radius 2 is 1.00 bits per heavy atom. The molecule has 7 aromatic carbocycles. The summed E-state index contributed by atoms with van der Waals surface area (Å²) in [4.78, 5) is 2.35. The molecule has 0 bridgehead atoms. The third-order valence-corrected chi connectivity index (χ3v) is 8.03. The average molecular weight is 538 g/mol. The molecule has 0 unspecified atom stereocenters. The SMILES string of the molecule is c1ccc(-c2cccc(N(c3ccccc3)c3cccc4oc5c6ccccc6c(-c6ccccc6)cc5c34)c2)cc1. The van der Waals surface area contributed by atoms with Crippen LogP contribution in [0.5, 0.6) is 0 Å². The maximum absolute atomic E-state index is 6.69. The molecular formula is C40H27NO. The number of hydrogen-bond acceptors (Lipinski definition) is 2. The molecule has 0 fully saturated rings. The third kappa shape index (κ3) is 4.05. The van der Waals surface area contributed by atoms with Crippen LogP contribution in [-0.4, -0.2) is 0 Å². The fourth-order valence-electron chi connectivity index (χ4n) is 6.13. The average Bonchev–Trinajstić information content (AvgIpc) is 3.46. The van der Waals surface area contributed by atoms with Gasteiger partial charge < -0.3 is 9.32 Å². The molecule has 8 aromatic rings. The van der Waals surface area contributed by atoms with Crippen molar-refractivity contribution in [3.8, 4) is 22.3 Å². The number of anilines is 3. The molecule has 0 radical (unpaired) electrons. The number of para-hydroxylation sites is 1. The molecular weight excluding hydrogens is 510 g/mol. The van der Waals surface area contributed by atoms with E-state index in [-0.39, 0.29) is 0 Å². The summed E-state index contributed by atoms with van der Waals surface area (Å²) >= 11 is 0. The van der Waals surface area contributed by atoms with Crippen LogP contribution >= 0.6 is 0 Å². The normalized spacial score (nSPS) is 11.3. The van der Waals surface area contributed by atoms with Gasteiger partial charge in [-0.05, 0) is 70.1 Å². The second kappa shape index (κ2) is 10.1. The smallest absolute Gasteiger partial charge is 0.143 e. The van der Waals surface area contributed by atoms with E-state index in [1.807, 2.05) is 0 Å². The van der Waals surface area contributed by atoms with Gasteiger partial charge in [0, 0.05) is 22.1 Å². The van der Waals surface area contributed by atoms with Gasteiger partial charge in [0.15, 0.2) is 0 Å². The van der Waals surface area contributed by atoms with E-state index < -0.39 is 0 Å². The topological polar surface area (TPSA) is 16.4 Å². The maximum atomic E-state index is 6.69. The largest absolute Gasteiger partial charge is 0.455 e. The van der Waals surface area contributed by atoms with Crippen molar-refractivity contribution in [2.75, 3.05) is 4.90 Å². The molecule has 2 nitrogen and oxygen atoms in total. The molecule has 0 aliphatic heterocycles. The first-order valence-corrected chi connectivity index (χ1v) is 14.3. The van der Waals surface area contributed by atoms with E-state index in [4.69, 9.17) is 4.42 Å². The molecule has 1 aromatic heterocycles. The molecule has 0 N–H and O–H groups in total. The van der Waals surface area contributed by atoms with Gasteiger partial charge in [0.2, 0.25) is 0 Å². The Bertz CT molecular complexity index is 2180. The van der Waals surface area contributed by atoms with Crippen LogP contribution in [0.2, 0.25) is 0 Å². The second-order valence-corrected chi connectivity index (χ2v) is 10.6. The summed E-state index contributed by atoms with van der Waals surface area (Å²) in [5, 5.41) is 4.52. The zero-order valence-corrected chi connectivity index (χ0v) is 22.9. The van der Waals surface area contributed by atoms with Crippen LogP contribution in [0, 0.1) is 0 Å². The van der Waals surface area contributed by atoms with E-state index in [1.165, 1.54) is 27.6 Å². The zero-order valence-electron chi connectivity index (χ0n) is 22.9. The van der Waals surface area contributed by atoms with Gasteiger partial charge in [-0.2, -0.15) is 0 Å². The van der Waals surface area contributed by atoms with Crippen molar-refractivity contribution in [1.29, 1.82) is 0 Å². The molecule has 42 heavy (non-hydrogen) atoms. The van der Waals surface area contributed by atoms with E-state index in [2.05, 4.69) is 169 Å². The van der Waals surface area contributed by atoms with Crippen molar-refractivity contribution in [2.24, 2.45) is 0 Å². The maximum Gasteiger partial charge on any atom is 0.143 e. The quantitative estimate of drug-likeness (QED) is 0.217. The molecule has 8 rings (SSSR count). The number of benzene rings is 7. The van der Waals surface area contributed by atoms with Crippen LogP contribution in [0.3, 0.4) is 0 Å². The minimum absolute atomic E-state index is 0.873. The molecule has 0 atom stereocenters. The summed E-state index contributed by atoms with van der Waals surface area (Å²) in [5.41, 5.74) is 9.82. The van der Waals surface area contributed by atoms with E-state index >= 15 is 0 Å². The lowest BCUT2D eigenvalue weighted by atomic mass is 9.95. The van der Waals surface area contributed by atoms with Crippen LogP contribution in [0.1, 0.15) is 0 Å². The number of hydrogen-bond donors (Lipinski definition) is 0. The molecule has 0 aliphatic carbocycles. The van der Waals surface area contributed by atoms with Crippen molar-refractivity contribution in [1.82, 2.24) is 0 Å². The van der Waals surface area contributed by atoms with Crippen LogP contribution in [0.25, 0.3) is 55.0 Å².